The third kappa shape index (κ3) is 4.99. The smallest absolute Gasteiger partial charge is 0.242 e. The van der Waals surface area contributed by atoms with Crippen LogP contribution in [0.4, 0.5) is 0 Å². The van der Waals surface area contributed by atoms with Crippen LogP contribution in [0, 0.1) is 0 Å². The Morgan fingerprint density at radius 3 is 2.40 bits per heavy atom. The number of nitrogens with one attached hydrogen (secondary N) is 2. The number of rotatable bonds is 7. The Bertz CT molecular complexity index is 436. The van der Waals surface area contributed by atoms with Gasteiger partial charge in [-0.15, -0.1) is 0 Å². The molecule has 0 aliphatic rings. The minimum atomic E-state index is -0.692. The first kappa shape index (κ1) is 16.1. The van der Waals surface area contributed by atoms with Gasteiger partial charge in [0.05, 0.1) is 6.04 Å². The van der Waals surface area contributed by atoms with E-state index < -0.39 is 12.1 Å². The normalized spacial score (nSPS) is 13.3. The Morgan fingerprint density at radius 2 is 1.85 bits per heavy atom. The minimum absolute atomic E-state index is 0.268. The number of likely N-dealkylation sites (N-methyl/N-ethyl adjacent to an activating group) is 1. The van der Waals surface area contributed by atoms with Crippen molar-refractivity contribution in [1.29, 1.82) is 0 Å². The number of nitrogens with two attached hydrogens (primary N) is 2. The molecule has 0 radical (unpaired) electrons. The number of hydrogen-bond acceptors (Lipinski definition) is 4. The molecular formula is C14H22N4O2. The number of benzene rings is 1. The quantitative estimate of drug-likeness (QED) is 0.520. The molecule has 2 amide bonds. The van der Waals surface area contributed by atoms with Crippen molar-refractivity contribution in [1.82, 2.24) is 10.6 Å². The molecule has 6 N–H and O–H groups in total. The molecule has 0 aromatic heterocycles. The van der Waals surface area contributed by atoms with E-state index in [1.54, 1.807) is 0 Å². The summed E-state index contributed by atoms with van der Waals surface area (Å²) < 4.78 is 0. The lowest BCUT2D eigenvalue weighted by atomic mass is 10.1. The highest BCUT2D eigenvalue weighted by molar-refractivity contribution is 5.89. The van der Waals surface area contributed by atoms with Crippen molar-refractivity contribution in [2.75, 3.05) is 13.6 Å². The van der Waals surface area contributed by atoms with Crippen molar-refractivity contribution >= 4 is 11.8 Å². The van der Waals surface area contributed by atoms with Gasteiger partial charge in [-0.2, -0.15) is 0 Å². The standard InChI is InChI=1S/C14H22N4O2/c1-17-14(20)12(7-8-15)18-13(19)11(16)9-10-5-3-2-4-6-10/h2-6,11-12H,7-9,15-16H2,1H3,(H,17,20)(H,18,19). The first-order valence-electron chi connectivity index (χ1n) is 6.60. The maximum absolute atomic E-state index is 12.0. The Labute approximate surface area is 118 Å². The highest BCUT2D eigenvalue weighted by Crippen LogP contribution is 2.02. The molecule has 0 aliphatic heterocycles. The van der Waals surface area contributed by atoms with Gasteiger partial charge in [0.15, 0.2) is 0 Å². The van der Waals surface area contributed by atoms with E-state index in [2.05, 4.69) is 10.6 Å². The molecule has 1 aromatic carbocycles. The summed E-state index contributed by atoms with van der Waals surface area (Å²) in [4.78, 5) is 23.6. The molecule has 0 spiro atoms. The van der Waals surface area contributed by atoms with Crippen LogP contribution in [-0.4, -0.2) is 37.5 Å². The summed E-state index contributed by atoms with van der Waals surface area (Å²) in [6.45, 7) is 0.312. The number of carbonyl (C=O) groups excluding carboxylic acids is 2. The predicted octanol–water partition coefficient (Wildman–Crippen LogP) is -0.864. The Kier molecular flexibility index (Phi) is 6.69. The minimum Gasteiger partial charge on any atom is -0.357 e. The molecule has 0 fully saturated rings. The van der Waals surface area contributed by atoms with Gasteiger partial charge in [0.25, 0.3) is 0 Å². The van der Waals surface area contributed by atoms with Gasteiger partial charge < -0.3 is 22.1 Å². The molecule has 2 unspecified atom stereocenters. The fourth-order valence-electron chi connectivity index (χ4n) is 1.85. The van der Waals surface area contributed by atoms with Crippen LogP contribution in [0.2, 0.25) is 0 Å². The Balaban J connectivity index is 2.57. The Morgan fingerprint density at radius 1 is 1.20 bits per heavy atom. The van der Waals surface area contributed by atoms with E-state index in [4.69, 9.17) is 11.5 Å². The summed E-state index contributed by atoms with van der Waals surface area (Å²) in [5.74, 6) is -0.619. The summed E-state index contributed by atoms with van der Waals surface area (Å²) in [7, 11) is 1.52. The van der Waals surface area contributed by atoms with Crippen molar-refractivity contribution in [3.8, 4) is 0 Å². The summed E-state index contributed by atoms with van der Waals surface area (Å²) in [5.41, 5.74) is 12.3. The topological polar surface area (TPSA) is 110 Å². The first-order valence-corrected chi connectivity index (χ1v) is 6.60. The molecular weight excluding hydrogens is 256 g/mol. The molecule has 0 heterocycles. The van der Waals surface area contributed by atoms with Crippen LogP contribution in [0.1, 0.15) is 12.0 Å². The van der Waals surface area contributed by atoms with Crippen molar-refractivity contribution in [3.05, 3.63) is 35.9 Å². The van der Waals surface area contributed by atoms with Crippen LogP contribution < -0.4 is 22.1 Å². The lowest BCUT2D eigenvalue weighted by Crippen LogP contribution is -2.52. The van der Waals surface area contributed by atoms with Crippen LogP contribution in [0.25, 0.3) is 0 Å². The molecule has 0 bridgehead atoms. The molecule has 0 aliphatic carbocycles. The Hall–Kier alpha value is -1.92. The van der Waals surface area contributed by atoms with Gasteiger partial charge in [-0.1, -0.05) is 30.3 Å². The summed E-state index contributed by atoms with van der Waals surface area (Å²) >= 11 is 0. The van der Waals surface area contributed by atoms with Gasteiger partial charge in [-0.25, -0.2) is 0 Å². The molecule has 2 atom stereocenters. The van der Waals surface area contributed by atoms with Gasteiger partial charge in [-0.05, 0) is 24.9 Å². The number of amides is 2. The van der Waals surface area contributed by atoms with Gasteiger partial charge in [0.1, 0.15) is 6.04 Å². The fraction of sp³-hybridized carbons (Fsp3) is 0.429. The average Bonchev–Trinajstić information content (AvgIpc) is 2.46. The van der Waals surface area contributed by atoms with Crippen molar-refractivity contribution < 1.29 is 9.59 Å². The van der Waals surface area contributed by atoms with E-state index >= 15 is 0 Å². The van der Waals surface area contributed by atoms with E-state index in [1.165, 1.54) is 7.05 Å². The molecule has 0 saturated carbocycles. The van der Waals surface area contributed by atoms with Crippen molar-refractivity contribution in [2.45, 2.75) is 24.9 Å². The lowest BCUT2D eigenvalue weighted by Gasteiger charge is -2.19. The van der Waals surface area contributed by atoms with E-state index in [9.17, 15) is 9.59 Å². The van der Waals surface area contributed by atoms with E-state index in [1.807, 2.05) is 30.3 Å². The van der Waals surface area contributed by atoms with Crippen LogP contribution in [0.3, 0.4) is 0 Å². The van der Waals surface area contributed by atoms with E-state index in [0.717, 1.165) is 5.56 Å². The zero-order chi connectivity index (χ0) is 15.0. The molecule has 6 nitrogen and oxygen atoms in total. The molecule has 20 heavy (non-hydrogen) atoms. The molecule has 1 rings (SSSR count). The zero-order valence-corrected chi connectivity index (χ0v) is 11.6. The largest absolute Gasteiger partial charge is 0.357 e. The van der Waals surface area contributed by atoms with Crippen LogP contribution in [0.5, 0.6) is 0 Å². The second kappa shape index (κ2) is 8.29. The third-order valence-corrected chi connectivity index (χ3v) is 2.97. The van der Waals surface area contributed by atoms with Crippen LogP contribution in [-0.2, 0) is 16.0 Å². The van der Waals surface area contributed by atoms with Crippen LogP contribution in [0.15, 0.2) is 30.3 Å². The van der Waals surface area contributed by atoms with Crippen LogP contribution >= 0.6 is 0 Å². The number of carbonyl (C=O) groups is 2. The van der Waals surface area contributed by atoms with Gasteiger partial charge in [0.2, 0.25) is 11.8 Å². The second-order valence-electron chi connectivity index (χ2n) is 4.55. The highest BCUT2D eigenvalue weighted by atomic mass is 16.2. The highest BCUT2D eigenvalue weighted by Gasteiger charge is 2.22. The molecule has 0 saturated heterocycles. The molecule has 6 heteroatoms. The third-order valence-electron chi connectivity index (χ3n) is 2.97. The lowest BCUT2D eigenvalue weighted by molar-refractivity contribution is -0.129. The second-order valence-corrected chi connectivity index (χ2v) is 4.55. The van der Waals surface area contributed by atoms with Crippen molar-refractivity contribution in [2.24, 2.45) is 11.5 Å². The van der Waals surface area contributed by atoms with Gasteiger partial charge in [0, 0.05) is 7.05 Å². The molecule has 110 valence electrons. The fourth-order valence-corrected chi connectivity index (χ4v) is 1.85. The van der Waals surface area contributed by atoms with E-state index in [0.29, 0.717) is 19.4 Å². The first-order chi connectivity index (χ1) is 9.58. The van der Waals surface area contributed by atoms with Gasteiger partial charge >= 0.3 is 0 Å². The number of hydrogen-bond donors (Lipinski definition) is 4. The summed E-state index contributed by atoms with van der Waals surface area (Å²) in [6, 6.07) is 8.16. The summed E-state index contributed by atoms with van der Waals surface area (Å²) in [6.07, 6.45) is 0.805. The van der Waals surface area contributed by atoms with Gasteiger partial charge in [-0.3, -0.25) is 9.59 Å². The monoisotopic (exact) mass is 278 g/mol. The summed E-state index contributed by atoms with van der Waals surface area (Å²) in [5, 5.41) is 5.13. The average molecular weight is 278 g/mol. The van der Waals surface area contributed by atoms with Crippen molar-refractivity contribution in [3.63, 3.8) is 0 Å². The van der Waals surface area contributed by atoms with E-state index in [-0.39, 0.29) is 11.8 Å². The molecule has 1 aromatic rings. The maximum atomic E-state index is 12.0. The SMILES string of the molecule is CNC(=O)C(CCN)NC(=O)C(N)Cc1ccccc1. The predicted molar refractivity (Wildman–Crippen MR) is 77.8 cm³/mol. The zero-order valence-electron chi connectivity index (χ0n) is 11.6. The maximum Gasteiger partial charge on any atom is 0.242 e.